The number of carbonyl (C=O) groups is 1. The molecule has 0 saturated heterocycles. The van der Waals surface area contributed by atoms with E-state index >= 15 is 0 Å². The standard InChI is InChI=1S/C24H36O5/c1-13(4-7-21(28)29)16-5-6-17-22-18(12-20(27)24(16,17)3)23(2)9-8-15(25)10-14(23)11-19(22)26/h8-9,13-16,18-20,25-27H,4-7,10-12H2,1-3H3,(H,28,29)/t13-,14+,15-,16-,18+,19-,20+,23+,24-/m1/s1. The lowest BCUT2D eigenvalue weighted by Crippen LogP contribution is -2.54. The molecule has 9 atom stereocenters. The monoisotopic (exact) mass is 404 g/mol. The third kappa shape index (κ3) is 3.12. The highest BCUT2D eigenvalue weighted by molar-refractivity contribution is 5.66. The predicted molar refractivity (Wildman–Crippen MR) is 110 cm³/mol. The first kappa shape index (κ1) is 21.1. The summed E-state index contributed by atoms with van der Waals surface area (Å²) in [6.07, 6.45) is 7.16. The molecular weight excluding hydrogens is 368 g/mol. The lowest BCUT2D eigenvalue weighted by atomic mass is 9.49. The Morgan fingerprint density at radius 1 is 1.21 bits per heavy atom. The zero-order chi connectivity index (χ0) is 21.1. The zero-order valence-corrected chi connectivity index (χ0v) is 17.8. The van der Waals surface area contributed by atoms with Gasteiger partial charge in [-0.3, -0.25) is 4.79 Å². The van der Waals surface area contributed by atoms with Crippen molar-refractivity contribution in [2.75, 3.05) is 0 Å². The minimum absolute atomic E-state index is 0.103. The molecule has 0 radical (unpaired) electrons. The molecule has 2 saturated carbocycles. The van der Waals surface area contributed by atoms with Crippen molar-refractivity contribution < 1.29 is 25.2 Å². The Hall–Kier alpha value is -1.17. The number of allylic oxidation sites excluding steroid dienone is 1. The number of aliphatic carboxylic acids is 1. The first-order valence-electron chi connectivity index (χ1n) is 11.3. The molecule has 5 heteroatoms. The van der Waals surface area contributed by atoms with Crippen molar-refractivity contribution in [1.29, 1.82) is 0 Å². The van der Waals surface area contributed by atoms with Crippen LogP contribution in [0.2, 0.25) is 0 Å². The summed E-state index contributed by atoms with van der Waals surface area (Å²) in [6, 6.07) is 0. The minimum Gasteiger partial charge on any atom is -0.481 e. The van der Waals surface area contributed by atoms with Crippen molar-refractivity contribution >= 4 is 5.97 Å². The lowest BCUT2D eigenvalue weighted by Gasteiger charge is -2.57. The smallest absolute Gasteiger partial charge is 0.303 e. The summed E-state index contributed by atoms with van der Waals surface area (Å²) in [6.45, 7) is 6.49. The molecule has 0 unspecified atom stereocenters. The van der Waals surface area contributed by atoms with Crippen LogP contribution in [0.3, 0.4) is 0 Å². The van der Waals surface area contributed by atoms with Crippen LogP contribution < -0.4 is 0 Å². The van der Waals surface area contributed by atoms with Gasteiger partial charge in [-0.05, 0) is 73.2 Å². The van der Waals surface area contributed by atoms with E-state index in [4.69, 9.17) is 5.11 Å². The van der Waals surface area contributed by atoms with Crippen LogP contribution >= 0.6 is 0 Å². The highest BCUT2D eigenvalue weighted by atomic mass is 16.4. The molecule has 2 fully saturated rings. The van der Waals surface area contributed by atoms with E-state index in [1.54, 1.807) is 0 Å². The van der Waals surface area contributed by atoms with Crippen LogP contribution in [0.1, 0.15) is 65.7 Å². The Morgan fingerprint density at radius 3 is 2.62 bits per heavy atom. The summed E-state index contributed by atoms with van der Waals surface area (Å²) >= 11 is 0. The van der Waals surface area contributed by atoms with Gasteiger partial charge in [-0.25, -0.2) is 0 Å². The van der Waals surface area contributed by atoms with Gasteiger partial charge < -0.3 is 20.4 Å². The molecule has 4 N–H and O–H groups in total. The number of hydrogen-bond donors (Lipinski definition) is 4. The molecule has 162 valence electrons. The molecule has 5 nitrogen and oxygen atoms in total. The molecule has 0 heterocycles. The second-order valence-corrected chi connectivity index (χ2v) is 10.6. The van der Waals surface area contributed by atoms with Gasteiger partial charge in [0.2, 0.25) is 0 Å². The number of fused-ring (bicyclic) bond motifs is 4. The molecule has 0 aliphatic heterocycles. The van der Waals surface area contributed by atoms with E-state index in [1.807, 2.05) is 6.08 Å². The highest BCUT2D eigenvalue weighted by Gasteiger charge is 2.60. The molecule has 0 aromatic carbocycles. The van der Waals surface area contributed by atoms with Crippen LogP contribution in [0.25, 0.3) is 0 Å². The third-order valence-electron chi connectivity index (χ3n) is 9.20. The fraction of sp³-hybridized carbons (Fsp3) is 0.792. The molecule has 4 aliphatic carbocycles. The molecule has 0 bridgehead atoms. The Balaban J connectivity index is 1.72. The van der Waals surface area contributed by atoms with Crippen LogP contribution in [0.4, 0.5) is 0 Å². The maximum Gasteiger partial charge on any atom is 0.303 e. The number of rotatable bonds is 4. The third-order valence-corrected chi connectivity index (χ3v) is 9.20. The van der Waals surface area contributed by atoms with Crippen LogP contribution in [-0.4, -0.2) is 44.7 Å². The Morgan fingerprint density at radius 2 is 1.93 bits per heavy atom. The summed E-state index contributed by atoms with van der Waals surface area (Å²) in [4.78, 5) is 11.1. The summed E-state index contributed by atoms with van der Waals surface area (Å²) in [5.41, 5.74) is 1.85. The first-order chi connectivity index (χ1) is 13.6. The maximum atomic E-state index is 11.4. The molecule has 0 amide bonds. The summed E-state index contributed by atoms with van der Waals surface area (Å²) in [5.74, 6) is 0.00738. The Labute approximate surface area is 173 Å². The van der Waals surface area contributed by atoms with Crippen LogP contribution in [0.15, 0.2) is 23.3 Å². The van der Waals surface area contributed by atoms with Gasteiger partial charge in [0.05, 0.1) is 18.3 Å². The molecule has 0 spiro atoms. The van der Waals surface area contributed by atoms with Crippen molar-refractivity contribution in [3.05, 3.63) is 23.3 Å². The zero-order valence-electron chi connectivity index (χ0n) is 17.8. The number of carboxylic acids is 1. The largest absolute Gasteiger partial charge is 0.481 e. The lowest BCUT2D eigenvalue weighted by molar-refractivity contribution is -0.137. The fourth-order valence-corrected chi connectivity index (χ4v) is 7.48. The predicted octanol–water partition coefficient (Wildman–Crippen LogP) is 3.29. The van der Waals surface area contributed by atoms with E-state index in [0.717, 1.165) is 18.4 Å². The second kappa shape index (κ2) is 7.21. The van der Waals surface area contributed by atoms with Crippen LogP contribution in [0, 0.1) is 34.5 Å². The molecule has 0 aromatic heterocycles. The normalized spacial score (nSPS) is 47.4. The number of hydrogen-bond acceptors (Lipinski definition) is 4. The molecular formula is C24H36O5. The molecule has 0 aromatic rings. The van der Waals surface area contributed by atoms with Gasteiger partial charge in [0.25, 0.3) is 0 Å². The summed E-state index contributed by atoms with van der Waals surface area (Å²) in [7, 11) is 0. The van der Waals surface area contributed by atoms with Crippen molar-refractivity contribution in [3.63, 3.8) is 0 Å². The number of carboxylic acid groups (broad SMARTS) is 1. The first-order valence-corrected chi connectivity index (χ1v) is 11.3. The van der Waals surface area contributed by atoms with Gasteiger partial charge in [0.15, 0.2) is 0 Å². The minimum atomic E-state index is -0.768. The van der Waals surface area contributed by atoms with Crippen molar-refractivity contribution in [3.8, 4) is 0 Å². The van der Waals surface area contributed by atoms with Gasteiger partial charge in [-0.1, -0.05) is 38.5 Å². The van der Waals surface area contributed by atoms with E-state index in [-0.39, 0.29) is 40.9 Å². The highest BCUT2D eigenvalue weighted by Crippen LogP contribution is 2.65. The molecule has 29 heavy (non-hydrogen) atoms. The second-order valence-electron chi connectivity index (χ2n) is 10.6. The summed E-state index contributed by atoms with van der Waals surface area (Å²) < 4.78 is 0. The van der Waals surface area contributed by atoms with Crippen LogP contribution in [0.5, 0.6) is 0 Å². The topological polar surface area (TPSA) is 98.0 Å². The van der Waals surface area contributed by atoms with E-state index in [9.17, 15) is 20.1 Å². The van der Waals surface area contributed by atoms with Gasteiger partial charge in [-0.15, -0.1) is 0 Å². The average Bonchev–Trinajstić information content (AvgIpc) is 3.01. The number of aliphatic hydroxyl groups excluding tert-OH is 3. The quantitative estimate of drug-likeness (QED) is 0.539. The average molecular weight is 405 g/mol. The van der Waals surface area contributed by atoms with Crippen LogP contribution in [-0.2, 0) is 4.79 Å². The van der Waals surface area contributed by atoms with E-state index in [2.05, 4.69) is 26.8 Å². The molecule has 4 aliphatic rings. The number of aliphatic hydroxyl groups is 3. The van der Waals surface area contributed by atoms with Crippen molar-refractivity contribution in [1.82, 2.24) is 0 Å². The Kier molecular flexibility index (Phi) is 5.24. The fourth-order valence-electron chi connectivity index (χ4n) is 7.48. The van der Waals surface area contributed by atoms with Gasteiger partial charge in [-0.2, -0.15) is 0 Å². The van der Waals surface area contributed by atoms with E-state index in [0.29, 0.717) is 25.7 Å². The van der Waals surface area contributed by atoms with Gasteiger partial charge in [0.1, 0.15) is 0 Å². The van der Waals surface area contributed by atoms with E-state index < -0.39 is 24.3 Å². The summed E-state index contributed by atoms with van der Waals surface area (Å²) in [5, 5.41) is 41.8. The maximum absolute atomic E-state index is 11.4. The van der Waals surface area contributed by atoms with Crippen molar-refractivity contribution in [2.45, 2.75) is 84.0 Å². The SMILES string of the molecule is C[C@H](CCC(=O)O)[C@H]1CCC2=C3[C@H](O)C[C@@H]4C[C@H](O)C=C[C@]4(C)[C@H]3C[C@H](O)[C@@]21C. The molecule has 4 rings (SSSR count). The van der Waals surface area contributed by atoms with Gasteiger partial charge >= 0.3 is 5.97 Å². The van der Waals surface area contributed by atoms with Crippen molar-refractivity contribution in [2.24, 2.45) is 34.5 Å². The van der Waals surface area contributed by atoms with Gasteiger partial charge in [0, 0.05) is 11.8 Å². The van der Waals surface area contributed by atoms with E-state index in [1.165, 1.54) is 5.57 Å². The Bertz CT molecular complexity index is 742.